The fraction of sp³-hybridized carbons (Fsp3) is 0.100. The van der Waals surface area contributed by atoms with E-state index in [1.165, 1.54) is 0 Å². The molecule has 37 heavy (non-hydrogen) atoms. The molecule has 2 bridgehead atoms. The number of hydrogen-bond acceptors (Lipinski definition) is 5. The Morgan fingerprint density at radius 1 is 0.919 bits per heavy atom. The number of imidazole rings is 1. The van der Waals surface area contributed by atoms with Crippen molar-refractivity contribution >= 4 is 55.5 Å². The normalized spacial score (nSPS) is 11.8. The number of carbonyl (C=O) groups excluding carboxylic acids is 1. The predicted octanol–water partition coefficient (Wildman–Crippen LogP) is 6.24. The van der Waals surface area contributed by atoms with Crippen LogP contribution >= 0.6 is 0 Å². The van der Waals surface area contributed by atoms with Gasteiger partial charge in [-0.1, -0.05) is 12.1 Å². The van der Waals surface area contributed by atoms with Gasteiger partial charge in [0.15, 0.2) is 0 Å². The molecule has 4 heterocycles. The van der Waals surface area contributed by atoms with Gasteiger partial charge in [-0.25, -0.2) is 9.97 Å². The zero-order chi connectivity index (χ0) is 25.3. The summed E-state index contributed by atoms with van der Waals surface area (Å²) in [4.78, 5) is 24.9. The molecule has 4 N–H and O–H groups in total. The van der Waals surface area contributed by atoms with Crippen molar-refractivity contribution in [3.05, 3.63) is 89.4 Å². The van der Waals surface area contributed by atoms with Gasteiger partial charge in [0.05, 0.1) is 17.4 Å². The van der Waals surface area contributed by atoms with Crippen molar-refractivity contribution in [2.24, 2.45) is 0 Å². The topological polar surface area (TPSA) is 110 Å². The Labute approximate surface area is 211 Å². The third-order valence-corrected chi connectivity index (χ3v) is 7.24. The predicted molar refractivity (Wildman–Crippen MR) is 147 cm³/mol. The van der Waals surface area contributed by atoms with Crippen molar-refractivity contribution in [3.8, 4) is 11.1 Å². The summed E-state index contributed by atoms with van der Waals surface area (Å²) in [6, 6.07) is 20.1. The number of benzene rings is 4. The second-order valence-corrected chi connectivity index (χ2v) is 9.53. The number of anilines is 1. The zero-order valence-corrected chi connectivity index (χ0v) is 20.3. The quantitative estimate of drug-likeness (QED) is 0.256. The molecule has 7 heteroatoms. The number of amides is 1. The van der Waals surface area contributed by atoms with E-state index in [2.05, 4.69) is 50.6 Å². The van der Waals surface area contributed by atoms with E-state index in [0.717, 1.165) is 71.7 Å². The van der Waals surface area contributed by atoms with Crippen LogP contribution in [0.3, 0.4) is 0 Å². The molecule has 0 atom stereocenters. The van der Waals surface area contributed by atoms with E-state index >= 15 is 0 Å². The molecule has 0 unspecified atom stereocenters. The fourth-order valence-corrected chi connectivity index (χ4v) is 5.33. The van der Waals surface area contributed by atoms with Gasteiger partial charge >= 0.3 is 0 Å². The molecule has 0 aliphatic heterocycles. The van der Waals surface area contributed by atoms with Crippen LogP contribution in [0.1, 0.15) is 27.2 Å². The SMILES string of the molecule is Cc1cc(N)nc(C)c1CNC(=O)c1ccc2c(c1)c1oc2c2ccc(-c3ccc4nc[nH]c4c3)cc21. The highest BCUT2D eigenvalue weighted by atomic mass is 16.3. The average molecular weight is 486 g/mol. The minimum absolute atomic E-state index is 0.145. The lowest BCUT2D eigenvalue weighted by atomic mass is 9.97. The highest BCUT2D eigenvalue weighted by Gasteiger charge is 2.19. The van der Waals surface area contributed by atoms with Crippen LogP contribution in [0.4, 0.5) is 5.82 Å². The van der Waals surface area contributed by atoms with Gasteiger partial charge < -0.3 is 20.5 Å². The number of fused-ring (bicyclic) bond motifs is 9. The van der Waals surface area contributed by atoms with Crippen molar-refractivity contribution in [1.29, 1.82) is 0 Å². The van der Waals surface area contributed by atoms with Gasteiger partial charge in [-0.05, 0) is 84.6 Å². The second-order valence-electron chi connectivity index (χ2n) is 9.53. The molecular formula is C30H23N5O2. The van der Waals surface area contributed by atoms with Crippen LogP contribution in [0.25, 0.3) is 54.9 Å². The first-order valence-corrected chi connectivity index (χ1v) is 12.1. The lowest BCUT2D eigenvalue weighted by molar-refractivity contribution is 0.0951. The standard InChI is InChI=1S/C30H23N5O2/c1-15-9-27(31)35-16(2)24(15)13-32-30(36)19-4-7-21-23(11-19)29-22-10-17(3-6-20(22)28(21)37-29)18-5-8-25-26(12-18)34-14-33-25/h3-12,14H,13H2,1-2H3,(H2,31,35)(H,32,36)(H,33,34). The van der Waals surface area contributed by atoms with Crippen molar-refractivity contribution < 1.29 is 9.21 Å². The van der Waals surface area contributed by atoms with Gasteiger partial charge in [0.25, 0.3) is 5.91 Å². The average Bonchev–Trinajstić information content (AvgIpc) is 3.61. The van der Waals surface area contributed by atoms with Crippen molar-refractivity contribution in [2.75, 3.05) is 5.73 Å². The van der Waals surface area contributed by atoms with Crippen LogP contribution in [0.5, 0.6) is 0 Å². The fourth-order valence-electron chi connectivity index (χ4n) is 5.33. The van der Waals surface area contributed by atoms with E-state index in [1.807, 2.05) is 44.2 Å². The Morgan fingerprint density at radius 2 is 1.65 bits per heavy atom. The number of aryl methyl sites for hydroxylation is 2. The molecule has 0 radical (unpaired) electrons. The summed E-state index contributed by atoms with van der Waals surface area (Å²) in [7, 11) is 0. The van der Waals surface area contributed by atoms with E-state index < -0.39 is 0 Å². The van der Waals surface area contributed by atoms with E-state index in [-0.39, 0.29) is 5.91 Å². The zero-order valence-electron chi connectivity index (χ0n) is 20.3. The van der Waals surface area contributed by atoms with E-state index in [9.17, 15) is 4.79 Å². The van der Waals surface area contributed by atoms with Gasteiger partial charge in [0.1, 0.15) is 17.0 Å². The minimum Gasteiger partial charge on any atom is -0.455 e. The molecule has 0 saturated carbocycles. The lowest BCUT2D eigenvalue weighted by Gasteiger charge is -2.11. The lowest BCUT2D eigenvalue weighted by Crippen LogP contribution is -2.24. The summed E-state index contributed by atoms with van der Waals surface area (Å²) in [5.74, 6) is 0.340. The number of rotatable bonds is 4. The van der Waals surface area contributed by atoms with Crippen molar-refractivity contribution in [3.63, 3.8) is 0 Å². The number of aromatic amines is 1. The van der Waals surface area contributed by atoms with Gasteiger partial charge in [-0.2, -0.15) is 0 Å². The van der Waals surface area contributed by atoms with Gasteiger partial charge in [0.2, 0.25) is 0 Å². The maximum atomic E-state index is 13.1. The number of carbonyl (C=O) groups is 1. The molecule has 7 rings (SSSR count). The summed E-state index contributed by atoms with van der Waals surface area (Å²) in [6.07, 6.45) is 1.70. The molecule has 0 fully saturated rings. The Balaban J connectivity index is 1.24. The summed E-state index contributed by atoms with van der Waals surface area (Å²) in [5.41, 5.74) is 15.0. The van der Waals surface area contributed by atoms with Crippen LogP contribution in [0.2, 0.25) is 0 Å². The second kappa shape index (κ2) is 7.80. The number of nitrogen functional groups attached to an aromatic ring is 1. The summed E-state index contributed by atoms with van der Waals surface area (Å²) in [6.45, 7) is 4.27. The Kier molecular flexibility index (Phi) is 4.50. The number of furan rings is 2. The maximum Gasteiger partial charge on any atom is 0.251 e. The molecule has 1 amide bonds. The number of H-pyrrole nitrogens is 1. The van der Waals surface area contributed by atoms with Crippen molar-refractivity contribution in [2.45, 2.75) is 20.4 Å². The highest BCUT2D eigenvalue weighted by molar-refractivity contribution is 6.26. The maximum absolute atomic E-state index is 13.1. The van der Waals surface area contributed by atoms with Crippen LogP contribution in [-0.4, -0.2) is 20.9 Å². The Bertz CT molecular complexity index is 1980. The number of hydrogen-bond donors (Lipinski definition) is 3. The first kappa shape index (κ1) is 21.4. The van der Waals surface area contributed by atoms with Crippen LogP contribution < -0.4 is 11.1 Å². The number of aromatic nitrogens is 3. The summed E-state index contributed by atoms with van der Waals surface area (Å²) < 4.78 is 6.23. The Morgan fingerprint density at radius 3 is 2.49 bits per heavy atom. The number of pyridine rings is 1. The molecule has 0 saturated heterocycles. The minimum atomic E-state index is -0.145. The molecule has 7 nitrogen and oxygen atoms in total. The molecule has 0 aliphatic carbocycles. The largest absolute Gasteiger partial charge is 0.455 e. The van der Waals surface area contributed by atoms with Gasteiger partial charge in [-0.15, -0.1) is 0 Å². The van der Waals surface area contributed by atoms with E-state index in [4.69, 9.17) is 10.2 Å². The van der Waals surface area contributed by atoms with Crippen LogP contribution in [0.15, 0.2) is 71.4 Å². The van der Waals surface area contributed by atoms with Gasteiger partial charge in [0, 0.05) is 39.3 Å². The molecule has 180 valence electrons. The number of nitrogens with zero attached hydrogens (tertiary/aromatic N) is 2. The van der Waals surface area contributed by atoms with E-state index in [1.54, 1.807) is 6.33 Å². The summed E-state index contributed by atoms with van der Waals surface area (Å²) in [5, 5.41) is 7.11. The van der Waals surface area contributed by atoms with Gasteiger partial charge in [-0.3, -0.25) is 4.79 Å². The number of nitrogens with one attached hydrogen (secondary N) is 2. The monoisotopic (exact) mass is 485 g/mol. The molecule has 0 spiro atoms. The number of nitrogens with two attached hydrogens (primary N) is 1. The molecule has 4 aromatic heterocycles. The molecular weight excluding hydrogens is 462 g/mol. The third kappa shape index (κ3) is 3.31. The van der Waals surface area contributed by atoms with Crippen LogP contribution in [0, 0.1) is 13.8 Å². The smallest absolute Gasteiger partial charge is 0.251 e. The molecule has 3 aromatic carbocycles. The third-order valence-electron chi connectivity index (χ3n) is 7.24. The highest BCUT2D eigenvalue weighted by Crippen LogP contribution is 2.42. The van der Waals surface area contributed by atoms with E-state index in [0.29, 0.717) is 17.9 Å². The summed E-state index contributed by atoms with van der Waals surface area (Å²) >= 11 is 0. The Hall–Kier alpha value is -4.91. The first-order chi connectivity index (χ1) is 18.0. The first-order valence-electron chi connectivity index (χ1n) is 12.1. The molecule has 0 aliphatic rings. The van der Waals surface area contributed by atoms with Crippen molar-refractivity contribution in [1.82, 2.24) is 20.3 Å². The molecule has 7 aromatic rings. The van der Waals surface area contributed by atoms with Crippen LogP contribution in [-0.2, 0) is 6.54 Å².